The van der Waals surface area contributed by atoms with Gasteiger partial charge >= 0.3 is 17.9 Å². The molecule has 0 aliphatic rings. The maximum absolute atomic E-state index is 13.0. The van der Waals surface area contributed by atoms with Crippen LogP contribution in [0.4, 0.5) is 0 Å². The van der Waals surface area contributed by atoms with Crippen molar-refractivity contribution in [2.75, 3.05) is 47.5 Å². The van der Waals surface area contributed by atoms with Crippen LogP contribution >= 0.6 is 0 Å². The Kier molecular flexibility index (Phi) is 74.3. The molecule has 1 N–H and O–H groups in total. The van der Waals surface area contributed by atoms with Crippen LogP contribution in [0.1, 0.15) is 412 Å². The normalized spacial score (nSPS) is 12.9. The van der Waals surface area contributed by atoms with Gasteiger partial charge in [-0.2, -0.15) is 0 Å². The highest BCUT2D eigenvalue weighted by Gasteiger charge is 2.25. The maximum Gasteiger partial charge on any atom is 0.361 e. The van der Waals surface area contributed by atoms with E-state index in [1.165, 1.54) is 321 Å². The summed E-state index contributed by atoms with van der Waals surface area (Å²) in [7, 11) is 6.00. The van der Waals surface area contributed by atoms with E-state index in [9.17, 15) is 19.5 Å². The minimum absolute atomic E-state index is 0.177. The number of carbonyl (C=O) groups excluding carboxylic acids is 2. The molecule has 0 bridgehead atoms. The van der Waals surface area contributed by atoms with Gasteiger partial charge in [-0.25, -0.2) is 4.79 Å². The molecular weight excluding hydrogens is 1170 g/mol. The van der Waals surface area contributed by atoms with Crippen molar-refractivity contribution >= 4 is 17.9 Å². The van der Waals surface area contributed by atoms with Crippen LogP contribution in [0.25, 0.3) is 0 Å². The summed E-state index contributed by atoms with van der Waals surface area (Å²) in [4.78, 5) is 37.8. The Hall–Kier alpha value is -3.01. The van der Waals surface area contributed by atoms with E-state index >= 15 is 0 Å². The van der Waals surface area contributed by atoms with E-state index in [4.69, 9.17) is 18.9 Å². The number of carboxylic acid groups (broad SMARTS) is 1. The quantitative estimate of drug-likeness (QED) is 0.0211. The van der Waals surface area contributed by atoms with Crippen molar-refractivity contribution in [1.82, 2.24) is 0 Å². The smallest absolute Gasteiger partial charge is 0.361 e. The van der Waals surface area contributed by atoms with Gasteiger partial charge in [0.2, 0.25) is 0 Å². The molecule has 0 aromatic heterocycles. The van der Waals surface area contributed by atoms with E-state index < -0.39 is 18.4 Å². The summed E-state index contributed by atoms with van der Waals surface area (Å²) in [6.45, 7) is 4.84. The second kappa shape index (κ2) is 76.7. The fourth-order valence-corrected chi connectivity index (χ4v) is 12.5. The molecule has 0 aliphatic carbocycles. The van der Waals surface area contributed by atoms with Crippen LogP contribution in [-0.2, 0) is 33.3 Å². The Bertz CT molecular complexity index is 1750. The molecule has 0 aromatic carbocycles. The molecule has 0 rings (SSSR count). The fourth-order valence-electron chi connectivity index (χ4n) is 12.5. The highest BCUT2D eigenvalue weighted by atomic mass is 16.7. The van der Waals surface area contributed by atoms with E-state index in [0.29, 0.717) is 17.4 Å². The zero-order chi connectivity index (χ0) is 69.0. The van der Waals surface area contributed by atoms with Gasteiger partial charge in [-0.05, 0) is 77.0 Å². The van der Waals surface area contributed by atoms with Crippen molar-refractivity contribution in [3.8, 4) is 0 Å². The lowest BCUT2D eigenvalue weighted by molar-refractivity contribution is -0.870. The Labute approximate surface area is 590 Å². The van der Waals surface area contributed by atoms with Gasteiger partial charge in [0.15, 0.2) is 6.10 Å². The maximum atomic E-state index is 13.0. The first-order chi connectivity index (χ1) is 46.6. The predicted molar refractivity (Wildman–Crippen MR) is 410 cm³/mol. The molecule has 0 heterocycles. The topological polar surface area (TPSA) is 108 Å². The van der Waals surface area contributed by atoms with Crippen LogP contribution in [0, 0.1) is 0 Å². The number of allylic oxidation sites excluding steroid dienone is 10. The first-order valence-electron chi connectivity index (χ1n) is 41.5. The summed E-state index contributed by atoms with van der Waals surface area (Å²) in [5.74, 6) is -1.97. The molecule has 0 spiro atoms. The van der Waals surface area contributed by atoms with Gasteiger partial charge in [0.25, 0.3) is 6.29 Å². The number of aliphatic carboxylic acids is 1. The van der Waals surface area contributed by atoms with Crippen LogP contribution in [0.2, 0.25) is 0 Å². The number of esters is 2. The monoisotopic (exact) mass is 1340 g/mol. The van der Waals surface area contributed by atoms with Gasteiger partial charge < -0.3 is 28.5 Å². The van der Waals surface area contributed by atoms with E-state index in [2.05, 4.69) is 74.6 Å². The molecule has 9 nitrogen and oxygen atoms in total. The van der Waals surface area contributed by atoms with Crippen molar-refractivity contribution < 1.29 is 42.9 Å². The molecule has 9 heteroatoms. The SMILES string of the molecule is CC/C=C\C/C=C\C/C=C\C/C=C\CCCCCCCCCCCCCCCCCCCCCCC(=O)OC(COC(=O)CCCCCCCCCCCCCCCCCCCCCCCCCCC/C=C\CCCCCCCCCC)COC(OCC[N+](C)(C)C)C(=O)O. The Balaban J connectivity index is 3.95. The average Bonchev–Trinajstić information content (AvgIpc) is 3.75. The molecule has 0 saturated carbocycles. The third-order valence-electron chi connectivity index (χ3n) is 18.8. The van der Waals surface area contributed by atoms with Crippen molar-refractivity contribution in [3.63, 3.8) is 0 Å². The number of hydrogen-bond acceptors (Lipinski definition) is 7. The molecule has 2 unspecified atom stereocenters. The summed E-state index contributed by atoms with van der Waals surface area (Å²) in [6.07, 6.45) is 99.7. The van der Waals surface area contributed by atoms with Crippen LogP contribution in [0.3, 0.4) is 0 Å². The number of likely N-dealkylation sites (N-methyl/N-ethyl adjacent to an activating group) is 1. The van der Waals surface area contributed by atoms with Gasteiger partial charge in [-0.3, -0.25) is 9.59 Å². The van der Waals surface area contributed by atoms with Crippen LogP contribution in [0.5, 0.6) is 0 Å². The molecule has 0 amide bonds. The van der Waals surface area contributed by atoms with E-state index in [0.717, 1.165) is 64.2 Å². The molecule has 95 heavy (non-hydrogen) atoms. The molecule has 0 saturated heterocycles. The highest BCUT2D eigenvalue weighted by molar-refractivity contribution is 5.71. The average molecular weight is 1340 g/mol. The van der Waals surface area contributed by atoms with Gasteiger partial charge in [0.05, 0.1) is 34.4 Å². The third kappa shape index (κ3) is 78.2. The molecule has 0 radical (unpaired) electrons. The van der Waals surface area contributed by atoms with Crippen LogP contribution in [0.15, 0.2) is 60.8 Å². The Morgan fingerprint density at radius 3 is 0.905 bits per heavy atom. The summed E-state index contributed by atoms with van der Waals surface area (Å²) in [5.41, 5.74) is 0. The number of unbranched alkanes of at least 4 members (excludes halogenated alkanes) is 53. The number of ether oxygens (including phenoxy) is 4. The van der Waals surface area contributed by atoms with E-state index in [1.54, 1.807) is 0 Å². The highest BCUT2D eigenvalue weighted by Crippen LogP contribution is 2.20. The lowest BCUT2D eigenvalue weighted by atomic mass is 10.0. The van der Waals surface area contributed by atoms with E-state index in [-0.39, 0.29) is 38.2 Å². The number of rotatable bonds is 78. The minimum Gasteiger partial charge on any atom is -0.477 e. The molecular formula is C86H160NO8+. The number of carbonyl (C=O) groups is 3. The van der Waals surface area contributed by atoms with Crippen molar-refractivity contribution in [2.24, 2.45) is 0 Å². The second-order valence-corrected chi connectivity index (χ2v) is 29.4. The van der Waals surface area contributed by atoms with Gasteiger partial charge in [-0.15, -0.1) is 0 Å². The van der Waals surface area contributed by atoms with Crippen LogP contribution < -0.4 is 0 Å². The number of quaternary nitrogens is 1. The summed E-state index contributed by atoms with van der Waals surface area (Å²) in [6, 6.07) is 0. The molecule has 2 atom stereocenters. The second-order valence-electron chi connectivity index (χ2n) is 29.4. The minimum atomic E-state index is -1.51. The summed E-state index contributed by atoms with van der Waals surface area (Å²) in [5, 5.41) is 9.78. The molecule has 0 aromatic rings. The number of nitrogens with zero attached hydrogens (tertiary/aromatic N) is 1. The first-order valence-corrected chi connectivity index (χ1v) is 41.5. The van der Waals surface area contributed by atoms with E-state index in [1.807, 2.05) is 21.1 Å². The summed E-state index contributed by atoms with van der Waals surface area (Å²) >= 11 is 0. The van der Waals surface area contributed by atoms with Crippen LogP contribution in [-0.4, -0.2) is 87.4 Å². The zero-order valence-corrected chi connectivity index (χ0v) is 63.8. The molecule has 556 valence electrons. The summed E-state index contributed by atoms with van der Waals surface area (Å²) < 4.78 is 23.1. The first kappa shape index (κ1) is 92.0. The predicted octanol–water partition coefficient (Wildman–Crippen LogP) is 26.6. The lowest BCUT2D eigenvalue weighted by Crippen LogP contribution is -2.40. The number of carboxylic acids is 1. The Morgan fingerprint density at radius 2 is 0.600 bits per heavy atom. The lowest BCUT2D eigenvalue weighted by Gasteiger charge is -2.25. The van der Waals surface area contributed by atoms with Gasteiger partial charge in [0, 0.05) is 12.8 Å². The molecule has 0 fully saturated rings. The van der Waals surface area contributed by atoms with Crippen molar-refractivity contribution in [1.29, 1.82) is 0 Å². The Morgan fingerprint density at radius 1 is 0.326 bits per heavy atom. The standard InChI is InChI=1S/C86H159NO8/c1-6-8-10-12-14-16-18-20-22-24-26-28-30-32-34-36-38-40-41-42-43-45-46-48-50-52-54-56-58-60-62-64-66-68-70-72-74-76-83(88)93-80-82(81-94-86(85(90)91)92-79-78-87(3,4)5)95-84(89)77-75-73-71-69-67-65-63-61-59-57-55-53-51-49-47-44-39-37-35-33-31-29-27-25-23-21-19-17-15-13-11-9-7-2/h9,11,15,17,21,23-24,26-27,29,82,86H,6-8,10,12-14,16,18-20,22,25,28,30-81H2,1-5H3/p+1/b11-9-,17-15-,23-21-,26-24-,29-27-. The largest absolute Gasteiger partial charge is 0.477 e. The molecule has 0 aliphatic heterocycles. The fraction of sp³-hybridized carbons (Fsp3) is 0.849. The zero-order valence-electron chi connectivity index (χ0n) is 63.8. The van der Waals surface area contributed by atoms with Crippen molar-refractivity contribution in [2.45, 2.75) is 424 Å². The third-order valence-corrected chi connectivity index (χ3v) is 18.8. The van der Waals surface area contributed by atoms with Crippen molar-refractivity contribution in [3.05, 3.63) is 60.8 Å². The van der Waals surface area contributed by atoms with Gasteiger partial charge in [0.1, 0.15) is 13.2 Å². The van der Waals surface area contributed by atoms with Gasteiger partial charge in [-0.1, -0.05) is 383 Å². The number of hydrogen-bond donors (Lipinski definition) is 1.